The Kier molecular flexibility index (Phi) is 4.90. The zero-order chi connectivity index (χ0) is 22.8. The molecule has 2 aliphatic heterocycles. The van der Waals surface area contributed by atoms with Crippen molar-refractivity contribution in [2.75, 3.05) is 18.9 Å². The molecule has 170 valence electrons. The van der Waals surface area contributed by atoms with Gasteiger partial charge in [-0.15, -0.1) is 0 Å². The fourth-order valence-corrected chi connectivity index (χ4v) is 7.29. The summed E-state index contributed by atoms with van der Waals surface area (Å²) in [6.07, 6.45) is 0.480. The van der Waals surface area contributed by atoms with E-state index in [0.29, 0.717) is 12.8 Å². The van der Waals surface area contributed by atoms with Crippen molar-refractivity contribution in [2.24, 2.45) is 10.9 Å². The molecule has 3 aliphatic rings. The van der Waals surface area contributed by atoms with Crippen molar-refractivity contribution in [3.8, 4) is 0 Å². The van der Waals surface area contributed by atoms with Gasteiger partial charge in [0.2, 0.25) is 0 Å². The van der Waals surface area contributed by atoms with E-state index in [4.69, 9.17) is 15.2 Å². The highest BCUT2D eigenvalue weighted by Crippen LogP contribution is 2.53. The maximum Gasteiger partial charge on any atom is 0.435 e. The lowest BCUT2D eigenvalue weighted by atomic mass is 9.85. The van der Waals surface area contributed by atoms with E-state index in [1.165, 1.54) is 18.2 Å². The first-order chi connectivity index (χ1) is 14.3. The van der Waals surface area contributed by atoms with E-state index in [2.05, 4.69) is 10.3 Å². The monoisotopic (exact) mass is 453 g/mol. The third-order valence-corrected chi connectivity index (χ3v) is 9.35. The summed E-state index contributed by atoms with van der Waals surface area (Å²) in [6.45, 7) is 6.47. The second-order valence-corrected chi connectivity index (χ2v) is 12.2. The summed E-state index contributed by atoms with van der Waals surface area (Å²) < 4.78 is 52.3. The number of rotatable bonds is 2. The molecule has 8 nitrogen and oxygen atoms in total. The maximum absolute atomic E-state index is 14.9. The first-order valence-electron chi connectivity index (χ1n) is 10.3. The second-order valence-electron chi connectivity index (χ2n) is 9.71. The molecule has 3 fully saturated rings. The van der Waals surface area contributed by atoms with Crippen LogP contribution in [0.25, 0.3) is 0 Å². The molecule has 2 heterocycles. The van der Waals surface area contributed by atoms with Crippen LogP contribution in [0.2, 0.25) is 0 Å². The van der Waals surface area contributed by atoms with Crippen molar-refractivity contribution >= 4 is 27.5 Å². The zero-order valence-corrected chi connectivity index (χ0v) is 18.9. The van der Waals surface area contributed by atoms with Crippen LogP contribution in [0.3, 0.4) is 0 Å². The molecular formula is C21H28FN3O5S. The molecule has 1 aliphatic carbocycles. The number of nitrogen functional groups attached to an aromatic ring is 1. The van der Waals surface area contributed by atoms with Crippen LogP contribution in [0.4, 0.5) is 14.9 Å². The number of nitrogens with two attached hydrogens (primary N) is 1. The number of benzene rings is 1. The lowest BCUT2D eigenvalue weighted by Crippen LogP contribution is -2.71. The van der Waals surface area contributed by atoms with E-state index in [-0.39, 0.29) is 36.2 Å². The lowest BCUT2D eigenvalue weighted by molar-refractivity contribution is 0.0602. The van der Waals surface area contributed by atoms with Crippen molar-refractivity contribution < 1.29 is 27.1 Å². The lowest BCUT2D eigenvalue weighted by Gasteiger charge is -2.48. The van der Waals surface area contributed by atoms with Gasteiger partial charge in [0.05, 0.1) is 13.2 Å². The standard InChI is InChI=1S/C21H28FN3O5S/c1-19(2,3)30-18(26)24-17-20(4,12-5-6-12)31(27,28)16-10-29-11-21(16,25-17)14-9-13(23)7-8-15(14)22/h7-9,12,16H,5-6,10-11,23H2,1-4H3,(H,24,25,26)/t16-,20-,21-/m1/s1. The number of sulfone groups is 1. The van der Waals surface area contributed by atoms with Crippen molar-refractivity contribution in [3.05, 3.63) is 29.6 Å². The first kappa shape index (κ1) is 22.0. The van der Waals surface area contributed by atoms with E-state index in [9.17, 15) is 17.6 Å². The highest BCUT2D eigenvalue weighted by atomic mass is 32.2. The molecule has 0 radical (unpaired) electrons. The molecule has 31 heavy (non-hydrogen) atoms. The molecule has 10 heteroatoms. The van der Waals surface area contributed by atoms with Crippen molar-refractivity contribution in [3.63, 3.8) is 0 Å². The number of halogens is 1. The third kappa shape index (κ3) is 3.40. The summed E-state index contributed by atoms with van der Waals surface area (Å²) in [5, 5.41) is 2.09. The van der Waals surface area contributed by atoms with Crippen LogP contribution >= 0.6 is 0 Å². The van der Waals surface area contributed by atoms with Crippen LogP contribution in [0.15, 0.2) is 23.2 Å². The minimum Gasteiger partial charge on any atom is -0.442 e. The number of amidine groups is 1. The summed E-state index contributed by atoms with van der Waals surface area (Å²) in [4.78, 5) is 16.6. The molecule has 3 atom stereocenters. The topological polar surface area (TPSA) is 120 Å². The Morgan fingerprint density at radius 2 is 2.03 bits per heavy atom. The van der Waals surface area contributed by atoms with Crippen molar-refractivity contribution in [1.82, 2.24) is 5.32 Å². The van der Waals surface area contributed by atoms with Gasteiger partial charge in [-0.1, -0.05) is 0 Å². The number of nitrogens with one attached hydrogen (secondary N) is 1. The van der Waals surface area contributed by atoms with Crippen LogP contribution in [0.5, 0.6) is 0 Å². The Bertz CT molecular complexity index is 1060. The molecule has 4 rings (SSSR count). The van der Waals surface area contributed by atoms with Gasteiger partial charge in [-0.25, -0.2) is 17.6 Å². The Balaban J connectivity index is 1.90. The normalized spacial score (nSPS) is 33.6. The summed E-state index contributed by atoms with van der Waals surface area (Å²) in [5.41, 5.74) is 4.00. The number of hydrogen-bond donors (Lipinski definition) is 2. The Labute approximate surface area is 181 Å². The van der Waals surface area contributed by atoms with E-state index >= 15 is 0 Å². The van der Waals surface area contributed by atoms with Crippen LogP contribution in [0.1, 0.15) is 46.1 Å². The number of anilines is 1. The van der Waals surface area contributed by atoms with Gasteiger partial charge in [-0.3, -0.25) is 0 Å². The van der Waals surface area contributed by atoms with Gasteiger partial charge in [-0.2, -0.15) is 4.99 Å². The van der Waals surface area contributed by atoms with Gasteiger partial charge in [0.1, 0.15) is 32.8 Å². The largest absolute Gasteiger partial charge is 0.442 e. The third-order valence-electron chi connectivity index (χ3n) is 6.35. The van der Waals surface area contributed by atoms with Gasteiger partial charge >= 0.3 is 6.09 Å². The van der Waals surface area contributed by atoms with Gasteiger partial charge in [-0.05, 0) is 64.7 Å². The molecule has 0 spiro atoms. The fraction of sp³-hybridized carbons (Fsp3) is 0.619. The molecule has 0 unspecified atom stereocenters. The van der Waals surface area contributed by atoms with Gasteiger partial charge in [0, 0.05) is 11.3 Å². The number of ether oxygens (including phenoxy) is 2. The fourth-order valence-electron chi connectivity index (χ4n) is 4.58. The Morgan fingerprint density at radius 1 is 1.35 bits per heavy atom. The number of fused-ring (bicyclic) bond motifs is 1. The van der Waals surface area contributed by atoms with E-state index in [0.717, 1.165) is 0 Å². The SMILES string of the molecule is CC(C)(C)OC(=O)/N=C1/N[C@@]2(c3cc(N)ccc3F)COC[C@H]2S(=O)(=O)[C@]1(C)C1CC1. The van der Waals surface area contributed by atoms with E-state index < -0.39 is 42.9 Å². The molecule has 1 saturated carbocycles. The Hall–Kier alpha value is -2.20. The Morgan fingerprint density at radius 3 is 2.65 bits per heavy atom. The van der Waals surface area contributed by atoms with Crippen LogP contribution < -0.4 is 11.1 Å². The summed E-state index contributed by atoms with van der Waals surface area (Å²) in [7, 11) is -3.95. The predicted molar refractivity (Wildman–Crippen MR) is 114 cm³/mol. The molecule has 1 amide bonds. The average Bonchev–Trinajstić information content (AvgIpc) is 3.40. The van der Waals surface area contributed by atoms with Crippen LogP contribution in [0, 0.1) is 11.7 Å². The smallest absolute Gasteiger partial charge is 0.435 e. The number of aliphatic imine (C=N–C) groups is 1. The number of hydrogen-bond acceptors (Lipinski definition) is 6. The predicted octanol–water partition coefficient (Wildman–Crippen LogP) is 2.52. The minimum absolute atomic E-state index is 0.0344. The summed E-state index contributed by atoms with van der Waals surface area (Å²) in [5.74, 6) is -0.845. The van der Waals surface area contributed by atoms with Gasteiger partial charge in [0.15, 0.2) is 9.84 Å². The molecule has 1 aromatic carbocycles. The summed E-state index contributed by atoms with van der Waals surface area (Å²) >= 11 is 0. The quantitative estimate of drug-likeness (QED) is 0.660. The number of carbonyl (C=O) groups excluding carboxylic acids is 1. The molecule has 0 aromatic heterocycles. The van der Waals surface area contributed by atoms with Crippen LogP contribution in [-0.4, -0.2) is 49.2 Å². The van der Waals surface area contributed by atoms with Crippen molar-refractivity contribution in [1.29, 1.82) is 0 Å². The number of amides is 1. The van der Waals surface area contributed by atoms with Crippen molar-refractivity contribution in [2.45, 2.75) is 61.7 Å². The highest BCUT2D eigenvalue weighted by molar-refractivity contribution is 7.94. The molecule has 1 aromatic rings. The summed E-state index contributed by atoms with van der Waals surface area (Å²) in [6, 6.07) is 4.01. The maximum atomic E-state index is 14.9. The van der Waals surface area contributed by atoms with E-state index in [1.807, 2.05) is 0 Å². The highest BCUT2D eigenvalue weighted by Gasteiger charge is 2.68. The molecular weight excluding hydrogens is 425 g/mol. The first-order valence-corrected chi connectivity index (χ1v) is 11.8. The minimum atomic E-state index is -3.95. The van der Waals surface area contributed by atoms with Gasteiger partial charge < -0.3 is 20.5 Å². The van der Waals surface area contributed by atoms with E-state index in [1.54, 1.807) is 27.7 Å². The van der Waals surface area contributed by atoms with Crippen LogP contribution in [-0.2, 0) is 24.8 Å². The molecule has 2 saturated heterocycles. The average molecular weight is 454 g/mol. The number of nitrogens with zero attached hydrogens (tertiary/aromatic N) is 1. The number of carbonyl (C=O) groups is 1. The van der Waals surface area contributed by atoms with Gasteiger partial charge in [0.25, 0.3) is 0 Å². The zero-order valence-electron chi connectivity index (χ0n) is 18.1. The molecule has 3 N–H and O–H groups in total. The second kappa shape index (κ2) is 6.90. The molecule has 0 bridgehead atoms.